The maximum Gasteiger partial charge on any atom is 0.304 e. The van der Waals surface area contributed by atoms with E-state index in [1.807, 2.05) is 37.1 Å². The van der Waals surface area contributed by atoms with Gasteiger partial charge >= 0.3 is 5.97 Å². The number of carboxylic acid groups (broad SMARTS) is 1. The van der Waals surface area contributed by atoms with Gasteiger partial charge in [0.1, 0.15) is 5.75 Å². The minimum absolute atomic E-state index is 0.0432. The van der Waals surface area contributed by atoms with Gasteiger partial charge in [-0.2, -0.15) is 0 Å². The van der Waals surface area contributed by atoms with Crippen molar-refractivity contribution in [2.75, 3.05) is 25.6 Å². The summed E-state index contributed by atoms with van der Waals surface area (Å²) in [6, 6.07) is 5.45. The van der Waals surface area contributed by atoms with Crippen molar-refractivity contribution in [1.82, 2.24) is 0 Å². The van der Waals surface area contributed by atoms with E-state index in [-0.39, 0.29) is 6.42 Å². The molecule has 0 aliphatic heterocycles. The highest BCUT2D eigenvalue weighted by molar-refractivity contribution is 5.67. The zero-order valence-electron chi connectivity index (χ0n) is 11.0. The molecule has 1 atom stereocenters. The van der Waals surface area contributed by atoms with Crippen LogP contribution in [0, 0.1) is 6.92 Å². The maximum atomic E-state index is 10.6. The summed E-state index contributed by atoms with van der Waals surface area (Å²) in [6.45, 7) is 2.46. The molecule has 0 saturated carbocycles. The largest absolute Gasteiger partial charge is 0.495 e. The first-order chi connectivity index (χ1) is 8.43. The molecule has 0 radical (unpaired) electrons. The molecule has 3 N–H and O–H groups in total. The molecule has 1 rings (SSSR count). The molecule has 5 nitrogen and oxygen atoms in total. The fraction of sp³-hybridized carbons (Fsp3) is 0.462. The lowest BCUT2D eigenvalue weighted by atomic mass is 10.1. The molecule has 0 amide bonds. The van der Waals surface area contributed by atoms with Gasteiger partial charge in [-0.05, 0) is 24.6 Å². The third-order valence-corrected chi connectivity index (χ3v) is 2.69. The van der Waals surface area contributed by atoms with Gasteiger partial charge in [0.05, 0.1) is 19.2 Å². The third kappa shape index (κ3) is 3.92. The summed E-state index contributed by atoms with van der Waals surface area (Å²) in [4.78, 5) is 12.5. The van der Waals surface area contributed by atoms with Crippen LogP contribution in [0.2, 0.25) is 0 Å². The van der Waals surface area contributed by atoms with Gasteiger partial charge in [0.15, 0.2) is 0 Å². The van der Waals surface area contributed by atoms with E-state index in [4.69, 9.17) is 15.6 Å². The molecule has 0 aromatic heterocycles. The van der Waals surface area contributed by atoms with Crippen molar-refractivity contribution in [3.05, 3.63) is 23.8 Å². The molecule has 5 heteroatoms. The number of aliphatic carboxylic acids is 1. The van der Waals surface area contributed by atoms with Crippen LogP contribution >= 0.6 is 0 Å². The first-order valence-corrected chi connectivity index (χ1v) is 5.77. The van der Waals surface area contributed by atoms with E-state index in [0.717, 1.165) is 17.0 Å². The Morgan fingerprint density at radius 1 is 1.56 bits per heavy atom. The summed E-state index contributed by atoms with van der Waals surface area (Å²) in [6.07, 6.45) is -0.0432. The van der Waals surface area contributed by atoms with Crippen LogP contribution in [-0.4, -0.2) is 37.8 Å². The minimum Gasteiger partial charge on any atom is -0.495 e. The van der Waals surface area contributed by atoms with Crippen molar-refractivity contribution in [2.24, 2.45) is 5.73 Å². The van der Waals surface area contributed by atoms with E-state index >= 15 is 0 Å². The molecular formula is C13H20N2O3. The number of aryl methyl sites for hydroxylation is 1. The SMILES string of the molecule is COc1ccc(C)cc1N(C)CC(N)CC(=O)O. The van der Waals surface area contributed by atoms with Crippen LogP contribution < -0.4 is 15.4 Å². The summed E-state index contributed by atoms with van der Waals surface area (Å²) in [5.41, 5.74) is 7.81. The highest BCUT2D eigenvalue weighted by Crippen LogP contribution is 2.28. The molecule has 1 aromatic carbocycles. The molecule has 0 heterocycles. The monoisotopic (exact) mass is 252 g/mol. The smallest absolute Gasteiger partial charge is 0.304 e. The van der Waals surface area contributed by atoms with Crippen LogP contribution in [0.5, 0.6) is 5.75 Å². The second-order valence-corrected chi connectivity index (χ2v) is 4.41. The van der Waals surface area contributed by atoms with Crippen LogP contribution in [0.3, 0.4) is 0 Å². The van der Waals surface area contributed by atoms with E-state index in [9.17, 15) is 4.79 Å². The number of carbonyl (C=O) groups is 1. The molecule has 0 aliphatic carbocycles. The van der Waals surface area contributed by atoms with Gasteiger partial charge in [0.25, 0.3) is 0 Å². The Morgan fingerprint density at radius 3 is 2.78 bits per heavy atom. The summed E-state index contributed by atoms with van der Waals surface area (Å²) < 4.78 is 5.29. The molecule has 18 heavy (non-hydrogen) atoms. The van der Waals surface area contributed by atoms with Gasteiger partial charge in [0, 0.05) is 19.6 Å². The van der Waals surface area contributed by atoms with Crippen molar-refractivity contribution in [2.45, 2.75) is 19.4 Å². The quantitative estimate of drug-likeness (QED) is 0.796. The summed E-state index contributed by atoms with van der Waals surface area (Å²) in [5.74, 6) is -0.127. The Labute approximate surface area is 107 Å². The Kier molecular flexibility index (Phi) is 4.97. The molecule has 0 spiro atoms. The van der Waals surface area contributed by atoms with Crippen LogP contribution in [0.25, 0.3) is 0 Å². The second kappa shape index (κ2) is 6.26. The van der Waals surface area contributed by atoms with Crippen molar-refractivity contribution in [1.29, 1.82) is 0 Å². The molecule has 100 valence electrons. The van der Waals surface area contributed by atoms with Gasteiger partial charge < -0.3 is 20.5 Å². The topological polar surface area (TPSA) is 75.8 Å². The number of anilines is 1. The predicted octanol–water partition coefficient (Wildman–Crippen LogP) is 1.24. The first kappa shape index (κ1) is 14.3. The second-order valence-electron chi connectivity index (χ2n) is 4.41. The minimum atomic E-state index is -0.882. The molecule has 0 fully saturated rings. The van der Waals surface area contributed by atoms with Crippen LogP contribution in [0.15, 0.2) is 18.2 Å². The molecule has 1 unspecified atom stereocenters. The average molecular weight is 252 g/mol. The number of nitrogens with two attached hydrogens (primary N) is 1. The Bertz CT molecular complexity index is 421. The fourth-order valence-corrected chi connectivity index (χ4v) is 1.84. The normalized spacial score (nSPS) is 12.0. The zero-order valence-corrected chi connectivity index (χ0v) is 11.0. The average Bonchev–Trinajstić information content (AvgIpc) is 2.27. The van der Waals surface area contributed by atoms with Gasteiger partial charge in [-0.1, -0.05) is 6.07 Å². The highest BCUT2D eigenvalue weighted by atomic mass is 16.5. The Morgan fingerprint density at radius 2 is 2.22 bits per heavy atom. The Hall–Kier alpha value is -1.75. The molecule has 0 aliphatic rings. The van der Waals surface area contributed by atoms with Gasteiger partial charge in [-0.25, -0.2) is 0 Å². The molecule has 0 saturated heterocycles. The summed E-state index contributed by atoms with van der Waals surface area (Å²) >= 11 is 0. The standard InChI is InChI=1S/C13H20N2O3/c1-9-4-5-12(18-3)11(6-9)15(2)8-10(14)7-13(16)17/h4-6,10H,7-8,14H2,1-3H3,(H,16,17). The van der Waals surface area contributed by atoms with E-state index in [1.54, 1.807) is 7.11 Å². The van der Waals surface area contributed by atoms with Gasteiger partial charge in [-0.15, -0.1) is 0 Å². The fourth-order valence-electron chi connectivity index (χ4n) is 1.84. The van der Waals surface area contributed by atoms with Crippen LogP contribution in [0.4, 0.5) is 5.69 Å². The molecule has 0 bridgehead atoms. The zero-order chi connectivity index (χ0) is 13.7. The van der Waals surface area contributed by atoms with Gasteiger partial charge in [-0.3, -0.25) is 4.79 Å². The lowest BCUT2D eigenvalue weighted by molar-refractivity contribution is -0.137. The number of likely N-dealkylation sites (N-methyl/N-ethyl adjacent to an activating group) is 1. The van der Waals surface area contributed by atoms with Gasteiger partial charge in [0.2, 0.25) is 0 Å². The lowest BCUT2D eigenvalue weighted by Gasteiger charge is -2.24. The summed E-state index contributed by atoms with van der Waals surface area (Å²) in [7, 11) is 3.48. The van der Waals surface area contributed by atoms with E-state index in [0.29, 0.717) is 6.54 Å². The van der Waals surface area contributed by atoms with Crippen molar-refractivity contribution in [3.8, 4) is 5.75 Å². The van der Waals surface area contributed by atoms with Crippen molar-refractivity contribution < 1.29 is 14.6 Å². The number of carboxylic acids is 1. The number of ether oxygens (including phenoxy) is 1. The van der Waals surface area contributed by atoms with E-state index in [1.165, 1.54) is 0 Å². The van der Waals surface area contributed by atoms with Crippen molar-refractivity contribution >= 4 is 11.7 Å². The molecule has 1 aromatic rings. The number of hydrogen-bond acceptors (Lipinski definition) is 4. The van der Waals surface area contributed by atoms with E-state index < -0.39 is 12.0 Å². The van der Waals surface area contributed by atoms with Crippen LogP contribution in [-0.2, 0) is 4.79 Å². The number of methoxy groups -OCH3 is 1. The highest BCUT2D eigenvalue weighted by Gasteiger charge is 2.14. The molecular weight excluding hydrogens is 232 g/mol. The predicted molar refractivity (Wildman–Crippen MR) is 71.2 cm³/mol. The first-order valence-electron chi connectivity index (χ1n) is 5.77. The third-order valence-electron chi connectivity index (χ3n) is 2.69. The maximum absolute atomic E-state index is 10.6. The number of nitrogens with zero attached hydrogens (tertiary/aromatic N) is 1. The lowest BCUT2D eigenvalue weighted by Crippen LogP contribution is -2.37. The van der Waals surface area contributed by atoms with Crippen molar-refractivity contribution in [3.63, 3.8) is 0 Å². The number of rotatable bonds is 6. The Balaban J connectivity index is 2.79. The van der Waals surface area contributed by atoms with Crippen LogP contribution in [0.1, 0.15) is 12.0 Å². The number of benzene rings is 1. The van der Waals surface area contributed by atoms with E-state index in [2.05, 4.69) is 0 Å². The number of hydrogen-bond donors (Lipinski definition) is 2. The summed E-state index contributed by atoms with van der Waals surface area (Å²) in [5, 5.41) is 8.69.